The molecule has 2 aliphatic rings. The molecule has 2 heterocycles. The van der Waals surface area contributed by atoms with Gasteiger partial charge in [0, 0.05) is 50.2 Å². The molecule has 1 aromatic rings. The fourth-order valence-corrected chi connectivity index (χ4v) is 3.61. The van der Waals surface area contributed by atoms with Crippen LogP contribution >= 0.6 is 11.6 Å². The lowest BCUT2D eigenvalue weighted by Gasteiger charge is -2.31. The van der Waals surface area contributed by atoms with E-state index in [1.54, 1.807) is 0 Å². The van der Waals surface area contributed by atoms with E-state index in [0.29, 0.717) is 0 Å². The molecule has 126 valence electrons. The Hall–Kier alpha value is -0.800. The lowest BCUT2D eigenvalue weighted by Crippen LogP contribution is -3.00. The Morgan fingerprint density at radius 1 is 1.13 bits per heavy atom. The highest BCUT2D eigenvalue weighted by Crippen LogP contribution is 2.27. The van der Waals surface area contributed by atoms with Gasteiger partial charge in [0.15, 0.2) is 11.8 Å². The molecule has 3 rings (SSSR count). The topological polar surface area (TPSA) is 6.25 Å². The second-order valence-electron chi connectivity index (χ2n) is 7.06. The number of hydrogen-bond acceptors (Lipinski definition) is 1. The molecule has 2 aliphatic heterocycles. The summed E-state index contributed by atoms with van der Waals surface area (Å²) in [5.41, 5.74) is 3.06. The van der Waals surface area contributed by atoms with Crippen molar-refractivity contribution in [2.75, 3.05) is 19.6 Å². The van der Waals surface area contributed by atoms with E-state index in [-0.39, 0.29) is 22.5 Å². The second-order valence-corrected chi connectivity index (χ2v) is 7.50. The second kappa shape index (κ2) is 7.85. The van der Waals surface area contributed by atoms with Crippen LogP contribution in [0, 0.1) is 0 Å². The predicted molar refractivity (Wildman–Crippen MR) is 93.9 cm³/mol. The van der Waals surface area contributed by atoms with Gasteiger partial charge in [0.2, 0.25) is 0 Å². The fraction of sp³-hybridized carbons (Fsp3) is 0.526. The molecule has 0 aromatic heterocycles. The molecule has 0 spiro atoms. The molecule has 0 N–H and O–H groups in total. The molecule has 1 fully saturated rings. The molecular weight excluding hydrogens is 372 g/mol. The summed E-state index contributed by atoms with van der Waals surface area (Å²) in [5, 5.41) is 0.812. The monoisotopic (exact) mass is 396 g/mol. The maximum Gasteiger partial charge on any atom is 0.165 e. The predicted octanol–water partition coefficient (Wildman–Crippen LogP) is 1.13. The van der Waals surface area contributed by atoms with Crippen molar-refractivity contribution in [1.82, 2.24) is 4.90 Å². The average molecular weight is 398 g/mol. The third-order valence-electron chi connectivity index (χ3n) is 4.90. The maximum absolute atomic E-state index is 5.96. The van der Waals surface area contributed by atoms with E-state index in [9.17, 15) is 0 Å². The van der Waals surface area contributed by atoms with Crippen molar-refractivity contribution in [2.24, 2.45) is 0 Å². The minimum absolute atomic E-state index is 0. The Morgan fingerprint density at radius 2 is 1.78 bits per heavy atom. The highest BCUT2D eigenvalue weighted by atomic mass is 79.9. The third kappa shape index (κ3) is 4.60. The van der Waals surface area contributed by atoms with E-state index in [2.05, 4.69) is 47.7 Å². The number of rotatable bonds is 4. The van der Waals surface area contributed by atoms with E-state index < -0.39 is 0 Å². The van der Waals surface area contributed by atoms with Gasteiger partial charge in [-0.1, -0.05) is 23.7 Å². The normalized spacial score (nSPS) is 19.9. The summed E-state index contributed by atoms with van der Waals surface area (Å²) in [6, 6.07) is 8.22. The Balaban J connectivity index is 0.00000192. The van der Waals surface area contributed by atoms with Crippen molar-refractivity contribution in [3.05, 3.63) is 46.6 Å². The Kier molecular flexibility index (Phi) is 6.33. The SMILES string of the molecule is CC1(C)CC(N2CCCC2)=CC=[N+]1CCc1ccc(Cl)cc1.[Br-]. The average Bonchev–Trinajstić information content (AvgIpc) is 3.01. The molecule has 4 heteroatoms. The quantitative estimate of drug-likeness (QED) is 0.691. The van der Waals surface area contributed by atoms with E-state index in [0.717, 1.165) is 24.4 Å². The molecule has 0 amide bonds. The summed E-state index contributed by atoms with van der Waals surface area (Å²) < 4.78 is 2.49. The standard InChI is InChI=1S/C19H26ClN2.BrH/c1-19(2)15-18(21-11-3-4-12-21)10-14-22(19)13-9-16-5-7-17(20)8-6-16;/h5-8,10,14H,3-4,9,11-13,15H2,1-2H3;1H/q+1;/p-1. The largest absolute Gasteiger partial charge is 1.00 e. The maximum atomic E-state index is 5.96. The zero-order valence-electron chi connectivity index (χ0n) is 14.1. The number of benzene rings is 1. The van der Waals surface area contributed by atoms with Crippen LogP contribution in [-0.4, -0.2) is 40.9 Å². The van der Waals surface area contributed by atoms with Gasteiger partial charge in [-0.05, 0) is 30.5 Å². The van der Waals surface area contributed by atoms with Crippen LogP contribution in [-0.2, 0) is 6.42 Å². The number of halogens is 2. The van der Waals surface area contributed by atoms with Crippen molar-refractivity contribution in [3.8, 4) is 0 Å². The highest BCUT2D eigenvalue weighted by Gasteiger charge is 2.35. The molecule has 1 saturated heterocycles. The molecular formula is C19H26BrClN2. The van der Waals surface area contributed by atoms with Gasteiger partial charge in [0.25, 0.3) is 0 Å². The first-order chi connectivity index (χ1) is 10.5. The van der Waals surface area contributed by atoms with Gasteiger partial charge < -0.3 is 21.9 Å². The van der Waals surface area contributed by atoms with Gasteiger partial charge in [0.05, 0.1) is 6.42 Å². The van der Waals surface area contributed by atoms with Crippen LogP contribution in [0.15, 0.2) is 36.0 Å². The van der Waals surface area contributed by atoms with Crippen molar-refractivity contribution in [2.45, 2.75) is 45.1 Å². The van der Waals surface area contributed by atoms with Crippen LogP contribution in [0.5, 0.6) is 0 Å². The zero-order valence-corrected chi connectivity index (χ0v) is 16.4. The molecule has 0 aliphatic carbocycles. The molecule has 0 bridgehead atoms. The molecule has 23 heavy (non-hydrogen) atoms. The first kappa shape index (κ1) is 18.5. The Bertz CT molecular complexity index is 584. The van der Waals surface area contributed by atoms with Gasteiger partial charge in [0.1, 0.15) is 6.54 Å². The Morgan fingerprint density at radius 3 is 2.39 bits per heavy atom. The van der Waals surface area contributed by atoms with Gasteiger partial charge >= 0.3 is 0 Å². The summed E-state index contributed by atoms with van der Waals surface area (Å²) in [6.45, 7) is 8.24. The summed E-state index contributed by atoms with van der Waals surface area (Å²) in [7, 11) is 0. The van der Waals surface area contributed by atoms with Gasteiger partial charge in [-0.25, -0.2) is 4.58 Å². The smallest absolute Gasteiger partial charge is 0.165 e. The van der Waals surface area contributed by atoms with Crippen LogP contribution in [0.25, 0.3) is 0 Å². The lowest BCUT2D eigenvalue weighted by molar-refractivity contribution is -0.597. The van der Waals surface area contributed by atoms with Crippen molar-refractivity contribution < 1.29 is 21.6 Å². The summed E-state index contributed by atoms with van der Waals surface area (Å²) in [5.74, 6) is 0. The van der Waals surface area contributed by atoms with Gasteiger partial charge in [-0.15, -0.1) is 0 Å². The molecule has 0 unspecified atom stereocenters. The number of hydrogen-bond donors (Lipinski definition) is 0. The zero-order chi connectivity index (χ0) is 15.6. The Labute approximate surface area is 155 Å². The molecule has 0 saturated carbocycles. The van der Waals surface area contributed by atoms with E-state index >= 15 is 0 Å². The van der Waals surface area contributed by atoms with Gasteiger partial charge in [-0.2, -0.15) is 0 Å². The third-order valence-corrected chi connectivity index (χ3v) is 5.16. The number of likely N-dealkylation sites (tertiary alicyclic amines) is 1. The van der Waals surface area contributed by atoms with Crippen molar-refractivity contribution >= 4 is 17.8 Å². The molecule has 2 nitrogen and oxygen atoms in total. The molecule has 1 aromatic carbocycles. The first-order valence-corrected chi connectivity index (χ1v) is 8.73. The summed E-state index contributed by atoms with van der Waals surface area (Å²) in [6.07, 6.45) is 9.52. The van der Waals surface area contributed by atoms with Crippen LogP contribution in [0.2, 0.25) is 5.02 Å². The summed E-state index contributed by atoms with van der Waals surface area (Å²) in [4.78, 5) is 2.56. The number of nitrogens with zero attached hydrogens (tertiary/aromatic N) is 2. The van der Waals surface area contributed by atoms with Crippen molar-refractivity contribution in [1.29, 1.82) is 0 Å². The van der Waals surface area contributed by atoms with E-state index in [1.807, 2.05) is 12.1 Å². The van der Waals surface area contributed by atoms with Crippen LogP contribution in [0.1, 0.15) is 38.7 Å². The highest BCUT2D eigenvalue weighted by molar-refractivity contribution is 6.30. The van der Waals surface area contributed by atoms with Crippen LogP contribution in [0.3, 0.4) is 0 Å². The fourth-order valence-electron chi connectivity index (χ4n) is 3.48. The first-order valence-electron chi connectivity index (χ1n) is 8.35. The lowest BCUT2D eigenvalue weighted by atomic mass is 9.93. The molecule has 0 atom stereocenters. The molecule has 0 radical (unpaired) electrons. The summed E-state index contributed by atoms with van der Waals surface area (Å²) >= 11 is 5.96. The minimum Gasteiger partial charge on any atom is -1.00 e. The van der Waals surface area contributed by atoms with Crippen LogP contribution < -0.4 is 17.0 Å². The minimum atomic E-state index is 0. The van der Waals surface area contributed by atoms with E-state index in [4.69, 9.17) is 11.6 Å². The van der Waals surface area contributed by atoms with Crippen molar-refractivity contribution in [3.63, 3.8) is 0 Å². The van der Waals surface area contributed by atoms with Gasteiger partial charge in [-0.3, -0.25) is 0 Å². The van der Waals surface area contributed by atoms with E-state index in [1.165, 1.54) is 37.2 Å². The van der Waals surface area contributed by atoms with Crippen LogP contribution in [0.4, 0.5) is 0 Å². The number of allylic oxidation sites excluding steroid dienone is 1.